The maximum Gasteiger partial charge on any atom is 0.140 e. The molecular formula is C15H31NO. The molecule has 17 heavy (non-hydrogen) atoms. The van der Waals surface area contributed by atoms with Gasteiger partial charge in [0.1, 0.15) is 5.78 Å². The van der Waals surface area contributed by atoms with Crippen LogP contribution >= 0.6 is 0 Å². The Morgan fingerprint density at radius 3 is 1.82 bits per heavy atom. The van der Waals surface area contributed by atoms with Crippen LogP contribution in [0.15, 0.2) is 0 Å². The van der Waals surface area contributed by atoms with Gasteiger partial charge in [-0.3, -0.25) is 4.79 Å². The molecule has 0 rings (SSSR count). The lowest BCUT2D eigenvalue weighted by atomic mass is 9.76. The fourth-order valence-electron chi connectivity index (χ4n) is 1.35. The summed E-state index contributed by atoms with van der Waals surface area (Å²) in [6, 6.07) is 0. The van der Waals surface area contributed by atoms with E-state index in [1.54, 1.807) is 0 Å². The standard InChI is InChI=1S/C15H31NO/c1-11(2)14(5,6)13(17)9-10-16-15(7,8)12(3)4/h11-12,16H,9-10H2,1-8H3. The van der Waals surface area contributed by atoms with Gasteiger partial charge in [0.25, 0.3) is 0 Å². The number of hydrogen-bond acceptors (Lipinski definition) is 2. The fraction of sp³-hybridized carbons (Fsp3) is 0.933. The minimum absolute atomic E-state index is 0.0995. The Bertz CT molecular complexity index is 252. The van der Waals surface area contributed by atoms with Gasteiger partial charge in [0, 0.05) is 23.9 Å². The lowest BCUT2D eigenvalue weighted by molar-refractivity contribution is -0.129. The van der Waals surface area contributed by atoms with E-state index >= 15 is 0 Å². The van der Waals surface area contributed by atoms with Gasteiger partial charge in [-0.2, -0.15) is 0 Å². The van der Waals surface area contributed by atoms with Crippen molar-refractivity contribution >= 4 is 5.78 Å². The average molecular weight is 241 g/mol. The third kappa shape index (κ3) is 4.79. The Hall–Kier alpha value is -0.370. The molecule has 0 aromatic carbocycles. The van der Waals surface area contributed by atoms with Gasteiger partial charge in [-0.25, -0.2) is 0 Å². The summed E-state index contributed by atoms with van der Waals surface area (Å²) in [6.07, 6.45) is 0.626. The fourth-order valence-corrected chi connectivity index (χ4v) is 1.35. The van der Waals surface area contributed by atoms with Crippen molar-refractivity contribution < 1.29 is 4.79 Å². The Morgan fingerprint density at radius 2 is 1.47 bits per heavy atom. The van der Waals surface area contributed by atoms with Crippen molar-refractivity contribution in [3.05, 3.63) is 0 Å². The molecule has 0 spiro atoms. The lowest BCUT2D eigenvalue weighted by Crippen LogP contribution is -2.45. The maximum atomic E-state index is 12.1. The number of Topliss-reactive ketones (excluding diaryl/α,β-unsaturated/α-hetero) is 1. The first-order valence-corrected chi connectivity index (χ1v) is 6.80. The Morgan fingerprint density at radius 1 is 1.00 bits per heavy atom. The van der Waals surface area contributed by atoms with E-state index in [9.17, 15) is 4.79 Å². The van der Waals surface area contributed by atoms with Crippen LogP contribution in [0.5, 0.6) is 0 Å². The molecule has 102 valence electrons. The van der Waals surface area contributed by atoms with Gasteiger partial charge in [-0.15, -0.1) is 0 Å². The van der Waals surface area contributed by atoms with E-state index in [2.05, 4.69) is 46.9 Å². The molecule has 0 radical (unpaired) electrons. The second-order valence-corrected chi connectivity index (χ2v) is 6.85. The second kappa shape index (κ2) is 5.99. The molecule has 0 aromatic heterocycles. The van der Waals surface area contributed by atoms with Gasteiger partial charge in [0.15, 0.2) is 0 Å². The van der Waals surface area contributed by atoms with E-state index < -0.39 is 0 Å². The highest BCUT2D eigenvalue weighted by molar-refractivity contribution is 5.84. The zero-order valence-electron chi connectivity index (χ0n) is 13.0. The molecule has 0 saturated carbocycles. The predicted octanol–water partition coefficient (Wildman–Crippen LogP) is 3.65. The molecule has 0 fully saturated rings. The molecule has 0 heterocycles. The SMILES string of the molecule is CC(C)C(C)(C)NCCC(=O)C(C)(C)C(C)C. The summed E-state index contributed by atoms with van der Waals surface area (Å²) >= 11 is 0. The number of ketones is 1. The van der Waals surface area contributed by atoms with Gasteiger partial charge < -0.3 is 5.32 Å². The minimum atomic E-state index is -0.205. The van der Waals surface area contributed by atoms with Crippen LogP contribution in [0.4, 0.5) is 0 Å². The lowest BCUT2D eigenvalue weighted by Gasteiger charge is -2.32. The summed E-state index contributed by atoms with van der Waals surface area (Å²) in [5, 5.41) is 3.48. The van der Waals surface area contributed by atoms with E-state index in [1.807, 2.05) is 13.8 Å². The molecule has 2 nitrogen and oxygen atoms in total. The molecular weight excluding hydrogens is 210 g/mol. The van der Waals surface area contributed by atoms with Crippen molar-refractivity contribution in [2.45, 2.75) is 67.3 Å². The molecule has 0 amide bonds. The van der Waals surface area contributed by atoms with E-state index in [0.29, 0.717) is 24.0 Å². The van der Waals surface area contributed by atoms with Crippen LogP contribution < -0.4 is 5.32 Å². The van der Waals surface area contributed by atoms with Crippen LogP contribution in [-0.4, -0.2) is 17.9 Å². The van der Waals surface area contributed by atoms with Gasteiger partial charge in [-0.1, -0.05) is 41.5 Å². The maximum absolute atomic E-state index is 12.1. The topological polar surface area (TPSA) is 29.1 Å². The molecule has 2 heteroatoms. The van der Waals surface area contributed by atoms with Crippen LogP contribution in [0.1, 0.15) is 61.8 Å². The summed E-state index contributed by atoms with van der Waals surface area (Å²) in [4.78, 5) is 12.1. The number of nitrogens with one attached hydrogen (secondary N) is 1. The first-order valence-electron chi connectivity index (χ1n) is 6.80. The second-order valence-electron chi connectivity index (χ2n) is 6.85. The molecule has 0 aliphatic heterocycles. The van der Waals surface area contributed by atoms with Crippen molar-refractivity contribution in [3.8, 4) is 0 Å². The highest BCUT2D eigenvalue weighted by atomic mass is 16.1. The average Bonchev–Trinajstić information content (AvgIpc) is 2.16. The van der Waals surface area contributed by atoms with Crippen molar-refractivity contribution in [2.24, 2.45) is 17.3 Å². The third-order valence-corrected chi connectivity index (χ3v) is 4.54. The van der Waals surface area contributed by atoms with Gasteiger partial charge >= 0.3 is 0 Å². The zero-order valence-corrected chi connectivity index (χ0v) is 13.0. The predicted molar refractivity (Wildman–Crippen MR) is 75.2 cm³/mol. The molecule has 0 unspecified atom stereocenters. The Balaban J connectivity index is 4.20. The molecule has 0 aromatic rings. The highest BCUT2D eigenvalue weighted by Crippen LogP contribution is 2.28. The molecule has 0 aliphatic rings. The van der Waals surface area contributed by atoms with Crippen LogP contribution in [0.3, 0.4) is 0 Å². The van der Waals surface area contributed by atoms with Crippen molar-refractivity contribution in [3.63, 3.8) is 0 Å². The van der Waals surface area contributed by atoms with Crippen LogP contribution in [0, 0.1) is 17.3 Å². The van der Waals surface area contributed by atoms with Gasteiger partial charge in [0.2, 0.25) is 0 Å². The van der Waals surface area contributed by atoms with Gasteiger partial charge in [0.05, 0.1) is 0 Å². The monoisotopic (exact) mass is 241 g/mol. The zero-order chi connectivity index (χ0) is 13.9. The number of carbonyl (C=O) groups excluding carboxylic acids is 1. The molecule has 0 bridgehead atoms. The number of rotatable bonds is 7. The Kier molecular flexibility index (Phi) is 5.86. The van der Waals surface area contributed by atoms with Crippen LogP contribution in [0.25, 0.3) is 0 Å². The summed E-state index contributed by atoms with van der Waals surface area (Å²) in [6.45, 7) is 17.9. The van der Waals surface area contributed by atoms with E-state index in [1.165, 1.54) is 0 Å². The first kappa shape index (κ1) is 16.6. The summed E-state index contributed by atoms with van der Waals surface area (Å²) in [5.41, 5.74) is -0.105. The summed E-state index contributed by atoms with van der Waals surface area (Å²) in [5.74, 6) is 1.32. The molecule has 0 saturated heterocycles. The van der Waals surface area contributed by atoms with Crippen LogP contribution in [-0.2, 0) is 4.79 Å². The number of hydrogen-bond donors (Lipinski definition) is 1. The van der Waals surface area contributed by atoms with Crippen molar-refractivity contribution in [1.29, 1.82) is 0 Å². The smallest absolute Gasteiger partial charge is 0.140 e. The normalized spacial score (nSPS) is 13.5. The summed E-state index contributed by atoms with van der Waals surface area (Å²) < 4.78 is 0. The van der Waals surface area contributed by atoms with Crippen molar-refractivity contribution in [2.75, 3.05) is 6.54 Å². The van der Waals surface area contributed by atoms with Gasteiger partial charge in [-0.05, 0) is 25.7 Å². The first-order chi connectivity index (χ1) is 7.51. The number of carbonyl (C=O) groups is 1. The van der Waals surface area contributed by atoms with E-state index in [-0.39, 0.29) is 11.0 Å². The van der Waals surface area contributed by atoms with Crippen LogP contribution in [0.2, 0.25) is 0 Å². The highest BCUT2D eigenvalue weighted by Gasteiger charge is 2.30. The molecule has 1 N–H and O–H groups in total. The van der Waals surface area contributed by atoms with E-state index in [4.69, 9.17) is 0 Å². The quantitative estimate of drug-likeness (QED) is 0.737. The minimum Gasteiger partial charge on any atom is -0.311 e. The molecule has 0 aliphatic carbocycles. The van der Waals surface area contributed by atoms with Crippen molar-refractivity contribution in [1.82, 2.24) is 5.32 Å². The third-order valence-electron chi connectivity index (χ3n) is 4.54. The Labute approximate surface area is 108 Å². The largest absolute Gasteiger partial charge is 0.311 e. The summed E-state index contributed by atoms with van der Waals surface area (Å²) in [7, 11) is 0. The van der Waals surface area contributed by atoms with E-state index in [0.717, 1.165) is 6.54 Å². The molecule has 0 atom stereocenters.